The first-order valence-electron chi connectivity index (χ1n) is 6.36. The second-order valence-corrected chi connectivity index (χ2v) is 5.06. The van der Waals surface area contributed by atoms with Crippen LogP contribution in [-0.4, -0.2) is 42.7 Å². The molecule has 0 aliphatic carbocycles. The molecule has 0 unspecified atom stereocenters. The molecule has 2 rings (SSSR count). The molecule has 1 heterocycles. The number of nitrogens with one attached hydrogen (secondary N) is 1. The van der Waals surface area contributed by atoms with E-state index >= 15 is 0 Å². The number of hydrogen-bond acceptors (Lipinski definition) is 5. The first kappa shape index (κ1) is 14.6. The van der Waals surface area contributed by atoms with Crippen LogP contribution in [-0.2, 0) is 14.3 Å². The van der Waals surface area contributed by atoms with E-state index in [1.165, 1.54) is 0 Å². The van der Waals surface area contributed by atoms with Gasteiger partial charge in [-0.3, -0.25) is 0 Å². The van der Waals surface area contributed by atoms with E-state index in [9.17, 15) is 9.90 Å². The van der Waals surface area contributed by atoms with Gasteiger partial charge in [-0.15, -0.1) is 0 Å². The van der Waals surface area contributed by atoms with Crippen LogP contribution in [0.25, 0.3) is 0 Å². The molecule has 0 aromatic heterocycles. The Labute approximate surface area is 117 Å². The Balaban J connectivity index is 2.07. The average molecular weight is 281 g/mol. The Morgan fingerprint density at radius 1 is 1.45 bits per heavy atom. The van der Waals surface area contributed by atoms with Gasteiger partial charge in [0.25, 0.3) is 0 Å². The fourth-order valence-corrected chi connectivity index (χ4v) is 2.06. The van der Waals surface area contributed by atoms with E-state index in [0.717, 1.165) is 0 Å². The molecule has 0 radical (unpaired) electrons. The molecule has 2 N–H and O–H groups in total. The molecule has 0 bridgehead atoms. The van der Waals surface area contributed by atoms with E-state index in [0.29, 0.717) is 11.4 Å². The van der Waals surface area contributed by atoms with Crippen molar-refractivity contribution in [3.05, 3.63) is 24.3 Å². The van der Waals surface area contributed by atoms with E-state index < -0.39 is 23.9 Å². The minimum Gasteiger partial charge on any atom is -0.497 e. The molecule has 1 aliphatic rings. The fraction of sp³-hybridized carbons (Fsp3) is 0.500. The van der Waals surface area contributed by atoms with Crippen molar-refractivity contribution in [2.45, 2.75) is 31.8 Å². The number of hydrogen-bond donors (Lipinski definition) is 2. The van der Waals surface area contributed by atoms with Crippen molar-refractivity contribution in [1.29, 1.82) is 0 Å². The number of methoxy groups -OCH3 is 1. The Morgan fingerprint density at radius 2 is 2.10 bits per heavy atom. The summed E-state index contributed by atoms with van der Waals surface area (Å²) in [5, 5.41) is 12.3. The summed E-state index contributed by atoms with van der Waals surface area (Å²) < 4.78 is 16.1. The van der Waals surface area contributed by atoms with Gasteiger partial charge in [0, 0.05) is 5.69 Å². The molecule has 1 fully saturated rings. The lowest BCUT2D eigenvalue weighted by atomic mass is 10.1. The van der Waals surface area contributed by atoms with Gasteiger partial charge in [0.2, 0.25) is 0 Å². The molecule has 1 aliphatic heterocycles. The number of benzene rings is 1. The molecule has 2 atom stereocenters. The van der Waals surface area contributed by atoms with Crippen LogP contribution in [0.3, 0.4) is 0 Å². The highest BCUT2D eigenvalue weighted by atomic mass is 16.7. The van der Waals surface area contributed by atoms with Crippen molar-refractivity contribution < 1.29 is 24.1 Å². The van der Waals surface area contributed by atoms with Crippen LogP contribution < -0.4 is 10.1 Å². The summed E-state index contributed by atoms with van der Waals surface area (Å²) in [6, 6.07) is 6.17. The zero-order valence-corrected chi connectivity index (χ0v) is 11.8. The standard InChI is InChI=1S/C14H19NO5/c1-14(2)19-8-11(20-14)12(13(16)17)15-9-4-6-10(18-3)7-5-9/h4-7,11-12,15H,8H2,1-3H3,(H,16,17)/t11-,12-/m1/s1. The molecule has 110 valence electrons. The minimum absolute atomic E-state index is 0.243. The van der Waals surface area contributed by atoms with Gasteiger partial charge in [0.1, 0.15) is 11.9 Å². The van der Waals surface area contributed by atoms with E-state index in [2.05, 4.69) is 5.32 Å². The van der Waals surface area contributed by atoms with Crippen molar-refractivity contribution in [3.63, 3.8) is 0 Å². The zero-order valence-electron chi connectivity index (χ0n) is 11.8. The molecular weight excluding hydrogens is 262 g/mol. The number of rotatable bonds is 5. The van der Waals surface area contributed by atoms with E-state index in [1.807, 2.05) is 0 Å². The third kappa shape index (κ3) is 3.40. The monoisotopic (exact) mass is 281 g/mol. The largest absolute Gasteiger partial charge is 0.497 e. The van der Waals surface area contributed by atoms with E-state index in [-0.39, 0.29) is 6.61 Å². The zero-order chi connectivity index (χ0) is 14.8. The Hall–Kier alpha value is -1.79. The number of ether oxygens (including phenoxy) is 3. The summed E-state index contributed by atoms with van der Waals surface area (Å²) in [7, 11) is 1.58. The van der Waals surface area contributed by atoms with Gasteiger partial charge in [-0.2, -0.15) is 0 Å². The molecular formula is C14H19NO5. The van der Waals surface area contributed by atoms with Crippen molar-refractivity contribution in [1.82, 2.24) is 0 Å². The van der Waals surface area contributed by atoms with Gasteiger partial charge < -0.3 is 24.6 Å². The summed E-state index contributed by atoms with van der Waals surface area (Å²) in [5.41, 5.74) is 0.687. The van der Waals surface area contributed by atoms with Crippen molar-refractivity contribution in [3.8, 4) is 5.75 Å². The smallest absolute Gasteiger partial charge is 0.328 e. The van der Waals surface area contributed by atoms with Gasteiger partial charge >= 0.3 is 5.97 Å². The van der Waals surface area contributed by atoms with E-state index in [1.54, 1.807) is 45.2 Å². The SMILES string of the molecule is COc1ccc(N[C@@H](C(=O)O)[C@H]2COC(C)(C)O2)cc1. The minimum atomic E-state index is -0.980. The van der Waals surface area contributed by atoms with Gasteiger partial charge in [0.15, 0.2) is 11.8 Å². The fourth-order valence-electron chi connectivity index (χ4n) is 2.06. The number of anilines is 1. The highest BCUT2D eigenvalue weighted by Gasteiger charge is 2.40. The van der Waals surface area contributed by atoms with Crippen LogP contribution >= 0.6 is 0 Å². The molecule has 0 saturated carbocycles. The number of carbonyl (C=O) groups is 1. The van der Waals surface area contributed by atoms with Crippen molar-refractivity contribution >= 4 is 11.7 Å². The Bertz CT molecular complexity index is 471. The number of carboxylic acids is 1. The lowest BCUT2D eigenvalue weighted by molar-refractivity contribution is -0.151. The molecule has 1 aromatic rings. The Morgan fingerprint density at radius 3 is 2.55 bits per heavy atom. The highest BCUT2D eigenvalue weighted by Crippen LogP contribution is 2.26. The summed E-state index contributed by atoms with van der Waals surface area (Å²) in [6.07, 6.45) is -0.537. The lowest BCUT2D eigenvalue weighted by Crippen LogP contribution is -2.42. The molecule has 1 aromatic carbocycles. The average Bonchev–Trinajstić information content (AvgIpc) is 2.76. The van der Waals surface area contributed by atoms with Crippen molar-refractivity contribution in [2.75, 3.05) is 19.0 Å². The lowest BCUT2D eigenvalue weighted by Gasteiger charge is -2.23. The molecule has 0 amide bonds. The van der Waals surface area contributed by atoms with Crippen LogP contribution in [0, 0.1) is 0 Å². The topological polar surface area (TPSA) is 77.0 Å². The maximum absolute atomic E-state index is 11.4. The molecule has 1 saturated heterocycles. The van der Waals surface area contributed by atoms with Crippen LogP contribution in [0.15, 0.2) is 24.3 Å². The summed E-state index contributed by atoms with van der Waals surface area (Å²) in [5.74, 6) is -1.02. The van der Waals surface area contributed by atoms with Crippen LogP contribution in [0.4, 0.5) is 5.69 Å². The summed E-state index contributed by atoms with van der Waals surface area (Å²) in [6.45, 7) is 3.77. The van der Waals surface area contributed by atoms with Crippen molar-refractivity contribution in [2.24, 2.45) is 0 Å². The normalized spacial score (nSPS) is 22.2. The van der Waals surface area contributed by atoms with Gasteiger partial charge in [-0.25, -0.2) is 4.79 Å². The molecule has 20 heavy (non-hydrogen) atoms. The second-order valence-electron chi connectivity index (χ2n) is 5.06. The Kier molecular flexibility index (Phi) is 4.15. The predicted octanol–water partition coefficient (Wildman–Crippen LogP) is 1.71. The number of carboxylic acid groups (broad SMARTS) is 1. The van der Waals surface area contributed by atoms with Gasteiger partial charge in [-0.05, 0) is 38.1 Å². The quantitative estimate of drug-likeness (QED) is 0.855. The summed E-state index contributed by atoms with van der Waals surface area (Å²) >= 11 is 0. The number of aliphatic carboxylic acids is 1. The first-order chi connectivity index (χ1) is 9.41. The summed E-state index contributed by atoms with van der Waals surface area (Å²) in [4.78, 5) is 11.4. The van der Waals surface area contributed by atoms with Gasteiger partial charge in [-0.1, -0.05) is 0 Å². The third-order valence-corrected chi connectivity index (χ3v) is 3.08. The van der Waals surface area contributed by atoms with Gasteiger partial charge in [0.05, 0.1) is 13.7 Å². The molecule has 0 spiro atoms. The third-order valence-electron chi connectivity index (χ3n) is 3.08. The predicted molar refractivity (Wildman–Crippen MR) is 72.9 cm³/mol. The maximum atomic E-state index is 11.4. The van der Waals surface area contributed by atoms with Crippen LogP contribution in [0.5, 0.6) is 5.75 Å². The van der Waals surface area contributed by atoms with Crippen LogP contribution in [0.1, 0.15) is 13.8 Å². The first-order valence-corrected chi connectivity index (χ1v) is 6.36. The highest BCUT2D eigenvalue weighted by molar-refractivity contribution is 5.78. The molecule has 6 nitrogen and oxygen atoms in total. The molecule has 6 heteroatoms. The second kappa shape index (κ2) is 5.68. The van der Waals surface area contributed by atoms with E-state index in [4.69, 9.17) is 14.2 Å². The maximum Gasteiger partial charge on any atom is 0.328 e. The van der Waals surface area contributed by atoms with Crippen LogP contribution in [0.2, 0.25) is 0 Å².